The number of amides is 1. The smallest absolute Gasteiger partial charge is 0.246 e. The van der Waals surface area contributed by atoms with Crippen LogP contribution in [0.5, 0.6) is 5.88 Å². The van der Waals surface area contributed by atoms with Crippen molar-refractivity contribution in [3.05, 3.63) is 24.5 Å². The van der Waals surface area contributed by atoms with Crippen LogP contribution in [0.3, 0.4) is 0 Å². The number of nitrogens with zero attached hydrogens (tertiary/aromatic N) is 7. The molecule has 2 fully saturated rings. The zero-order valence-corrected chi connectivity index (χ0v) is 17.8. The van der Waals surface area contributed by atoms with Gasteiger partial charge in [-0.25, -0.2) is 28.7 Å². The molecule has 0 spiro atoms. The molecule has 3 aromatic heterocycles. The average Bonchev–Trinajstić information content (AvgIpc) is 3.43. The summed E-state index contributed by atoms with van der Waals surface area (Å²) in [6.45, 7) is 4.42. The number of alkyl halides is 2. The Labute approximate surface area is 182 Å². The first kappa shape index (κ1) is 20.7. The summed E-state index contributed by atoms with van der Waals surface area (Å²) in [5.41, 5.74) is 1.62. The molecule has 2 unspecified atom stereocenters. The number of rotatable bonds is 6. The fourth-order valence-electron chi connectivity index (χ4n) is 4.11. The van der Waals surface area contributed by atoms with Crippen LogP contribution in [-0.2, 0) is 11.3 Å². The van der Waals surface area contributed by atoms with Crippen molar-refractivity contribution in [1.82, 2.24) is 34.4 Å². The maximum Gasteiger partial charge on any atom is 0.246 e. The summed E-state index contributed by atoms with van der Waals surface area (Å²) < 4.78 is 35.4. The van der Waals surface area contributed by atoms with E-state index in [1.807, 2.05) is 11.5 Å². The lowest BCUT2D eigenvalue weighted by Gasteiger charge is -2.18. The van der Waals surface area contributed by atoms with E-state index < -0.39 is 18.4 Å². The fourth-order valence-corrected chi connectivity index (χ4v) is 4.11. The van der Waals surface area contributed by atoms with E-state index in [1.165, 1.54) is 11.2 Å². The van der Waals surface area contributed by atoms with Crippen LogP contribution in [0.2, 0.25) is 0 Å². The Morgan fingerprint density at radius 2 is 1.94 bits per heavy atom. The second-order valence-electron chi connectivity index (χ2n) is 8.22. The minimum atomic E-state index is -2.61. The molecule has 1 saturated carbocycles. The minimum Gasteiger partial charge on any atom is -0.470 e. The predicted octanol–water partition coefficient (Wildman–Crippen LogP) is 2.49. The highest BCUT2D eigenvalue weighted by atomic mass is 19.3. The first-order chi connectivity index (χ1) is 15.5. The number of aryl methyl sites for hydroxylation is 2. The van der Waals surface area contributed by atoms with E-state index in [1.54, 1.807) is 19.3 Å². The molecular formula is C21H23F2N7O2. The molecule has 0 bridgehead atoms. The molecule has 2 aliphatic rings. The molecule has 11 heteroatoms. The number of imidazole rings is 1. The van der Waals surface area contributed by atoms with Crippen LogP contribution < -0.4 is 4.74 Å². The van der Waals surface area contributed by atoms with Gasteiger partial charge in [-0.2, -0.15) is 4.98 Å². The molecule has 1 amide bonds. The zero-order valence-electron chi connectivity index (χ0n) is 17.8. The number of likely N-dealkylation sites (tertiary alicyclic amines) is 1. The first-order valence-corrected chi connectivity index (χ1v) is 10.7. The molecule has 5 rings (SSSR count). The normalized spacial score (nSPS) is 21.0. The van der Waals surface area contributed by atoms with Crippen molar-refractivity contribution in [3.8, 4) is 17.3 Å². The number of fused-ring (bicyclic) bond motifs is 1. The highest BCUT2D eigenvalue weighted by Gasteiger charge is 2.45. The maximum atomic E-state index is 13.8. The van der Waals surface area contributed by atoms with Crippen molar-refractivity contribution in [2.45, 2.75) is 45.8 Å². The maximum absolute atomic E-state index is 13.8. The predicted molar refractivity (Wildman–Crippen MR) is 110 cm³/mol. The third kappa shape index (κ3) is 3.65. The van der Waals surface area contributed by atoms with E-state index in [0.29, 0.717) is 34.9 Å². The number of hydrogen-bond donors (Lipinski definition) is 0. The van der Waals surface area contributed by atoms with Gasteiger partial charge in [-0.3, -0.25) is 4.79 Å². The Hall–Kier alpha value is -3.24. The number of ether oxygens (including phenoxy) is 1. The summed E-state index contributed by atoms with van der Waals surface area (Å²) in [5.74, 6) is 0.189. The van der Waals surface area contributed by atoms with Crippen molar-refractivity contribution >= 4 is 17.1 Å². The van der Waals surface area contributed by atoms with E-state index in [9.17, 15) is 13.6 Å². The third-order valence-electron chi connectivity index (χ3n) is 5.99. The van der Waals surface area contributed by atoms with Crippen LogP contribution in [0.4, 0.5) is 8.78 Å². The first-order valence-electron chi connectivity index (χ1n) is 10.7. The molecule has 0 aromatic carbocycles. The summed E-state index contributed by atoms with van der Waals surface area (Å²) in [6, 6.07) is 0. The number of hydrogen-bond acceptors (Lipinski definition) is 7. The van der Waals surface area contributed by atoms with Crippen molar-refractivity contribution in [1.29, 1.82) is 0 Å². The largest absolute Gasteiger partial charge is 0.470 e. The van der Waals surface area contributed by atoms with Crippen molar-refractivity contribution in [2.24, 2.45) is 11.8 Å². The number of halogens is 2. The van der Waals surface area contributed by atoms with Crippen molar-refractivity contribution in [2.75, 3.05) is 13.1 Å². The Morgan fingerprint density at radius 1 is 1.19 bits per heavy atom. The monoisotopic (exact) mass is 443 g/mol. The molecule has 0 radical (unpaired) electrons. The molecule has 1 saturated heterocycles. The Balaban J connectivity index is 1.48. The molecule has 9 nitrogen and oxygen atoms in total. The molecule has 168 valence electrons. The van der Waals surface area contributed by atoms with Crippen LogP contribution in [-0.4, -0.2) is 65.9 Å². The van der Waals surface area contributed by atoms with Gasteiger partial charge in [-0.05, 0) is 26.7 Å². The van der Waals surface area contributed by atoms with Gasteiger partial charge in [0, 0.05) is 31.4 Å². The van der Waals surface area contributed by atoms with Crippen LogP contribution in [0.15, 0.2) is 18.7 Å². The van der Waals surface area contributed by atoms with E-state index in [2.05, 4.69) is 24.9 Å². The van der Waals surface area contributed by atoms with Gasteiger partial charge < -0.3 is 14.2 Å². The van der Waals surface area contributed by atoms with E-state index in [-0.39, 0.29) is 30.8 Å². The second kappa shape index (κ2) is 8.03. The Morgan fingerprint density at radius 3 is 2.59 bits per heavy atom. The molecule has 2 atom stereocenters. The van der Waals surface area contributed by atoms with Gasteiger partial charge in [0.1, 0.15) is 24.1 Å². The van der Waals surface area contributed by atoms with Crippen molar-refractivity contribution < 1.29 is 18.3 Å². The summed E-state index contributed by atoms with van der Waals surface area (Å²) >= 11 is 0. The number of carbonyl (C=O) groups excluding carboxylic acids is 1. The van der Waals surface area contributed by atoms with Gasteiger partial charge in [-0.1, -0.05) is 0 Å². The highest BCUT2D eigenvalue weighted by molar-refractivity contribution is 5.82. The fraction of sp³-hybridized carbons (Fsp3) is 0.524. The zero-order chi connectivity index (χ0) is 22.4. The Kier molecular flexibility index (Phi) is 5.18. The van der Waals surface area contributed by atoms with E-state index in [0.717, 1.165) is 12.8 Å². The lowest BCUT2D eigenvalue weighted by Crippen LogP contribution is -2.32. The highest BCUT2D eigenvalue weighted by Crippen LogP contribution is 2.36. The number of carbonyl (C=O) groups is 1. The van der Waals surface area contributed by atoms with Gasteiger partial charge in [0.05, 0.1) is 18.0 Å². The molecule has 1 aliphatic carbocycles. The van der Waals surface area contributed by atoms with Gasteiger partial charge in [0.15, 0.2) is 11.2 Å². The van der Waals surface area contributed by atoms with Gasteiger partial charge in [0.25, 0.3) is 0 Å². The van der Waals surface area contributed by atoms with Crippen LogP contribution in [0.25, 0.3) is 22.6 Å². The molecule has 1 aliphatic heterocycles. The summed E-state index contributed by atoms with van der Waals surface area (Å²) in [4.78, 5) is 35.6. The van der Waals surface area contributed by atoms with E-state index in [4.69, 9.17) is 4.74 Å². The third-order valence-corrected chi connectivity index (χ3v) is 5.99. The van der Waals surface area contributed by atoms with Gasteiger partial charge in [-0.15, -0.1) is 0 Å². The summed E-state index contributed by atoms with van der Waals surface area (Å²) in [6.07, 6.45) is 2.86. The van der Waals surface area contributed by atoms with E-state index >= 15 is 0 Å². The lowest BCUT2D eigenvalue weighted by molar-refractivity contribution is -0.131. The molecule has 32 heavy (non-hydrogen) atoms. The molecular weight excluding hydrogens is 420 g/mol. The summed E-state index contributed by atoms with van der Waals surface area (Å²) in [7, 11) is 0. The van der Waals surface area contributed by atoms with Crippen LogP contribution in [0.1, 0.15) is 25.6 Å². The number of aromatic nitrogens is 6. The quantitative estimate of drug-likeness (QED) is 0.577. The van der Waals surface area contributed by atoms with Gasteiger partial charge >= 0.3 is 0 Å². The summed E-state index contributed by atoms with van der Waals surface area (Å²) in [5, 5.41) is 0. The topological polar surface area (TPSA) is 98.9 Å². The van der Waals surface area contributed by atoms with Crippen LogP contribution >= 0.6 is 0 Å². The molecule has 3 aromatic rings. The lowest BCUT2D eigenvalue weighted by atomic mass is 10.1. The minimum absolute atomic E-state index is 0.0126. The van der Waals surface area contributed by atoms with Crippen LogP contribution in [0, 0.1) is 18.8 Å². The molecule has 0 N–H and O–H groups in total. The average molecular weight is 443 g/mol. The SMILES string of the molecule is CCn1c(-c2cnc(C)nc2)nc2c(OC3CN(C(=O)C4CC4)CC3C(F)F)ncnc21. The van der Waals surface area contributed by atoms with Gasteiger partial charge in [0.2, 0.25) is 18.2 Å². The Bertz CT molecular complexity index is 1150. The van der Waals surface area contributed by atoms with Crippen molar-refractivity contribution in [3.63, 3.8) is 0 Å². The standard InChI is InChI=1S/C21H23F2N7O2/c1-3-30-18(13-6-24-11(2)25-7-13)28-16-19(30)26-10-27-20(16)32-15-9-29(8-14(15)17(22)23)21(31)12-4-5-12/h6-7,10,12,14-15,17H,3-5,8-9H2,1-2H3. The molecule has 4 heterocycles. The second-order valence-corrected chi connectivity index (χ2v) is 8.22.